The van der Waals surface area contributed by atoms with Crippen LogP contribution in [0.3, 0.4) is 0 Å². The van der Waals surface area contributed by atoms with Crippen LogP contribution in [-0.2, 0) is 10.0 Å². The summed E-state index contributed by atoms with van der Waals surface area (Å²) in [5.74, 6) is 1.35. The first-order chi connectivity index (χ1) is 15.4. The van der Waals surface area contributed by atoms with E-state index in [9.17, 15) is 8.42 Å². The minimum absolute atomic E-state index is 0.0328. The molecular formula is C22H19BN4O4S. The molecule has 0 aliphatic carbocycles. The summed E-state index contributed by atoms with van der Waals surface area (Å²) in [6.45, 7) is 0. The van der Waals surface area contributed by atoms with Crippen LogP contribution in [0.1, 0.15) is 0 Å². The van der Waals surface area contributed by atoms with Crippen LogP contribution in [0.4, 0.5) is 17.3 Å². The quantitative estimate of drug-likeness (QED) is 0.421. The molecule has 0 saturated carbocycles. The highest BCUT2D eigenvalue weighted by Gasteiger charge is 2.20. The first-order valence-electron chi connectivity index (χ1n) is 9.54. The maximum atomic E-state index is 13.0. The minimum atomic E-state index is -3.95. The lowest BCUT2D eigenvalue weighted by molar-refractivity contribution is 0.405. The predicted octanol–water partition coefficient (Wildman–Crippen LogP) is 2.99. The summed E-state index contributed by atoms with van der Waals surface area (Å²) in [5.41, 5.74) is 2.12. The summed E-state index contributed by atoms with van der Waals surface area (Å²) in [6.07, 6.45) is 0. The van der Waals surface area contributed by atoms with E-state index in [4.69, 9.17) is 17.3 Å². The fourth-order valence-corrected chi connectivity index (χ4v) is 4.04. The van der Waals surface area contributed by atoms with Crippen LogP contribution < -0.4 is 25.0 Å². The van der Waals surface area contributed by atoms with Gasteiger partial charge in [0, 0.05) is 6.07 Å². The van der Waals surface area contributed by atoms with Crippen molar-refractivity contribution in [1.29, 1.82) is 0 Å². The Morgan fingerprint density at radius 3 is 2.12 bits per heavy atom. The van der Waals surface area contributed by atoms with E-state index in [0.717, 1.165) is 0 Å². The molecule has 0 bridgehead atoms. The van der Waals surface area contributed by atoms with Crippen molar-refractivity contribution in [3.8, 4) is 11.5 Å². The number of nitrogens with zero attached hydrogens (tertiary/aromatic N) is 2. The van der Waals surface area contributed by atoms with Gasteiger partial charge in [-0.3, -0.25) is 4.72 Å². The van der Waals surface area contributed by atoms with Gasteiger partial charge in [0.15, 0.2) is 11.6 Å². The van der Waals surface area contributed by atoms with Crippen molar-refractivity contribution >= 4 is 51.7 Å². The molecular weight excluding hydrogens is 427 g/mol. The van der Waals surface area contributed by atoms with Gasteiger partial charge in [-0.2, -0.15) is 0 Å². The van der Waals surface area contributed by atoms with Gasteiger partial charge < -0.3 is 14.8 Å². The van der Waals surface area contributed by atoms with Crippen LogP contribution in [-0.4, -0.2) is 40.5 Å². The molecule has 0 amide bonds. The third-order valence-corrected chi connectivity index (χ3v) is 6.01. The molecule has 0 saturated heterocycles. The number of aromatic nitrogens is 2. The number of para-hydroxylation sites is 2. The third kappa shape index (κ3) is 4.45. The van der Waals surface area contributed by atoms with Crippen molar-refractivity contribution in [3.05, 3.63) is 66.7 Å². The van der Waals surface area contributed by atoms with E-state index in [-0.39, 0.29) is 16.5 Å². The number of nitrogens with one attached hydrogen (secondary N) is 2. The zero-order chi connectivity index (χ0) is 22.7. The lowest BCUT2D eigenvalue weighted by atomic mass is 9.97. The second-order valence-corrected chi connectivity index (χ2v) is 8.46. The number of benzene rings is 3. The molecule has 0 spiro atoms. The Labute approximate surface area is 187 Å². The summed E-state index contributed by atoms with van der Waals surface area (Å²) in [6, 6.07) is 18.2. The zero-order valence-corrected chi connectivity index (χ0v) is 18.2. The Morgan fingerprint density at radius 1 is 0.844 bits per heavy atom. The second-order valence-electron chi connectivity index (χ2n) is 6.78. The molecule has 3 aromatic carbocycles. The van der Waals surface area contributed by atoms with E-state index in [1.54, 1.807) is 43.5 Å². The monoisotopic (exact) mass is 446 g/mol. The van der Waals surface area contributed by atoms with E-state index >= 15 is 0 Å². The molecule has 4 aromatic rings. The summed E-state index contributed by atoms with van der Waals surface area (Å²) in [5, 5.41) is 3.12. The maximum absolute atomic E-state index is 13.0. The molecule has 1 heterocycles. The zero-order valence-electron chi connectivity index (χ0n) is 17.4. The van der Waals surface area contributed by atoms with Crippen molar-refractivity contribution in [2.75, 3.05) is 24.3 Å². The molecule has 1 aromatic heterocycles. The molecule has 0 atom stereocenters. The highest BCUT2D eigenvalue weighted by Crippen LogP contribution is 2.34. The highest BCUT2D eigenvalue weighted by molar-refractivity contribution is 7.92. The van der Waals surface area contributed by atoms with Gasteiger partial charge in [-0.1, -0.05) is 29.7 Å². The summed E-state index contributed by atoms with van der Waals surface area (Å²) in [7, 11) is 4.81. The molecule has 2 radical (unpaired) electrons. The smallest absolute Gasteiger partial charge is 0.263 e. The molecule has 0 fully saturated rings. The average Bonchev–Trinajstić information content (AvgIpc) is 2.79. The lowest BCUT2D eigenvalue weighted by Crippen LogP contribution is -2.17. The number of rotatable bonds is 7. The number of fused-ring (bicyclic) bond motifs is 1. The van der Waals surface area contributed by atoms with Crippen molar-refractivity contribution in [3.63, 3.8) is 0 Å². The maximum Gasteiger partial charge on any atom is 0.263 e. The third-order valence-electron chi connectivity index (χ3n) is 4.65. The number of hydrogen-bond acceptors (Lipinski definition) is 7. The summed E-state index contributed by atoms with van der Waals surface area (Å²) < 4.78 is 39.2. The van der Waals surface area contributed by atoms with Gasteiger partial charge in [0.1, 0.15) is 19.3 Å². The molecule has 2 N–H and O–H groups in total. The average molecular weight is 446 g/mol. The molecule has 0 aliphatic heterocycles. The Bertz CT molecular complexity index is 1380. The predicted molar refractivity (Wildman–Crippen MR) is 125 cm³/mol. The molecule has 0 aliphatic rings. The largest absolute Gasteiger partial charge is 0.497 e. The molecule has 8 nitrogen and oxygen atoms in total. The van der Waals surface area contributed by atoms with Crippen LogP contribution in [0.2, 0.25) is 0 Å². The molecule has 10 heteroatoms. The first kappa shape index (κ1) is 21.4. The number of methoxy groups -OCH3 is 2. The Kier molecular flexibility index (Phi) is 5.87. The summed E-state index contributed by atoms with van der Waals surface area (Å²) in [4.78, 5) is 9.11. The van der Waals surface area contributed by atoms with Crippen molar-refractivity contribution in [2.45, 2.75) is 4.90 Å². The summed E-state index contributed by atoms with van der Waals surface area (Å²) >= 11 is 0. The SMILES string of the molecule is [B]c1ccc(S(=O)(=O)Nc2nc3ccccc3nc2Nc2cc(OC)ccc2OC)cc1. The van der Waals surface area contributed by atoms with E-state index in [1.165, 1.54) is 31.4 Å². The topological polar surface area (TPSA) is 102 Å². The Hall–Kier alpha value is -3.79. The van der Waals surface area contributed by atoms with Gasteiger partial charge in [0.25, 0.3) is 10.0 Å². The van der Waals surface area contributed by atoms with Gasteiger partial charge in [0.05, 0.1) is 35.8 Å². The van der Waals surface area contributed by atoms with E-state index in [0.29, 0.717) is 33.7 Å². The molecule has 32 heavy (non-hydrogen) atoms. The van der Waals surface area contributed by atoms with Gasteiger partial charge in [-0.15, -0.1) is 0 Å². The van der Waals surface area contributed by atoms with Crippen LogP contribution in [0.25, 0.3) is 11.0 Å². The number of sulfonamides is 1. The van der Waals surface area contributed by atoms with E-state index in [1.807, 2.05) is 6.07 Å². The van der Waals surface area contributed by atoms with Crippen molar-refractivity contribution in [1.82, 2.24) is 9.97 Å². The van der Waals surface area contributed by atoms with Crippen molar-refractivity contribution in [2.24, 2.45) is 0 Å². The van der Waals surface area contributed by atoms with Gasteiger partial charge in [-0.25, -0.2) is 18.4 Å². The van der Waals surface area contributed by atoms with Crippen molar-refractivity contribution < 1.29 is 17.9 Å². The second kappa shape index (κ2) is 8.76. The van der Waals surface area contributed by atoms with E-state index < -0.39 is 10.0 Å². The van der Waals surface area contributed by atoms with Crippen LogP contribution >= 0.6 is 0 Å². The van der Waals surface area contributed by atoms with Crippen LogP contribution in [0.15, 0.2) is 71.6 Å². The molecule has 4 rings (SSSR count). The number of anilines is 3. The minimum Gasteiger partial charge on any atom is -0.497 e. The lowest BCUT2D eigenvalue weighted by Gasteiger charge is -2.16. The Morgan fingerprint density at radius 2 is 1.50 bits per heavy atom. The standard InChI is InChI=1S/C22H19BN4O4S/c1-30-15-9-12-20(31-2)19(13-15)26-21-22(25-18-6-4-3-5-17(18)24-21)27-32(28,29)16-10-7-14(23)8-11-16/h3-13H,1-2H3,(H,24,26)(H,25,27). The normalized spacial score (nSPS) is 11.2. The molecule has 160 valence electrons. The number of ether oxygens (including phenoxy) is 2. The van der Waals surface area contributed by atoms with Gasteiger partial charge in [0.2, 0.25) is 0 Å². The van der Waals surface area contributed by atoms with Crippen LogP contribution in [0, 0.1) is 0 Å². The van der Waals surface area contributed by atoms with Crippen LogP contribution in [0.5, 0.6) is 11.5 Å². The first-order valence-corrected chi connectivity index (χ1v) is 11.0. The molecule has 0 unspecified atom stereocenters. The van der Waals surface area contributed by atoms with Gasteiger partial charge >= 0.3 is 0 Å². The Balaban J connectivity index is 1.80. The highest BCUT2D eigenvalue weighted by atomic mass is 32.2. The fourth-order valence-electron chi connectivity index (χ4n) is 3.03. The number of hydrogen-bond donors (Lipinski definition) is 2. The van der Waals surface area contributed by atoms with Gasteiger partial charge in [-0.05, 0) is 36.4 Å². The fraction of sp³-hybridized carbons (Fsp3) is 0.0909. The van der Waals surface area contributed by atoms with E-state index in [2.05, 4.69) is 20.0 Å².